The van der Waals surface area contributed by atoms with Gasteiger partial charge in [0.05, 0.1) is 28.4 Å². The van der Waals surface area contributed by atoms with Gasteiger partial charge < -0.3 is 14.0 Å². The summed E-state index contributed by atoms with van der Waals surface area (Å²) >= 11 is 1.24. The van der Waals surface area contributed by atoms with Crippen LogP contribution in [0.4, 0.5) is 5.69 Å². The first-order chi connectivity index (χ1) is 15.5. The zero-order chi connectivity index (χ0) is 22.9. The second-order valence-electron chi connectivity index (χ2n) is 7.14. The molecule has 0 aliphatic heterocycles. The lowest BCUT2D eigenvalue weighted by Gasteiger charge is -2.07. The molecule has 1 amide bonds. The first-order valence-electron chi connectivity index (χ1n) is 10.7. The third-order valence-corrected chi connectivity index (χ3v) is 5.88. The number of benzene rings is 2. The number of aromatic nitrogens is 1. The van der Waals surface area contributed by atoms with E-state index in [1.54, 1.807) is 24.3 Å². The Balaban J connectivity index is 1.92. The van der Waals surface area contributed by atoms with Gasteiger partial charge in [-0.1, -0.05) is 37.2 Å². The fourth-order valence-corrected chi connectivity index (χ4v) is 4.28. The smallest absolute Gasteiger partial charge is 0.279 e. The number of fused-ring (bicyclic) bond motifs is 1. The number of thiazole rings is 1. The summed E-state index contributed by atoms with van der Waals surface area (Å²) in [6.07, 6.45) is 3.18. The molecule has 0 N–H and O–H groups in total. The third kappa shape index (κ3) is 6.02. The molecule has 32 heavy (non-hydrogen) atoms. The molecule has 0 saturated carbocycles. The molecule has 0 aliphatic rings. The molecular formula is C23H27N3O5S. The Hall–Kier alpha value is -3.04. The van der Waals surface area contributed by atoms with Crippen molar-refractivity contribution in [3.05, 3.63) is 62.9 Å². The maximum absolute atomic E-state index is 12.9. The van der Waals surface area contributed by atoms with Crippen LogP contribution in [0.25, 0.3) is 10.2 Å². The highest BCUT2D eigenvalue weighted by atomic mass is 32.1. The summed E-state index contributed by atoms with van der Waals surface area (Å²) in [5, 5.41) is 11.1. The molecule has 1 aromatic heterocycles. The number of nitrogens with zero attached hydrogens (tertiary/aromatic N) is 3. The molecule has 2 aromatic carbocycles. The van der Waals surface area contributed by atoms with E-state index >= 15 is 0 Å². The molecule has 3 rings (SSSR count). The van der Waals surface area contributed by atoms with E-state index in [4.69, 9.17) is 9.47 Å². The van der Waals surface area contributed by atoms with Gasteiger partial charge in [0.15, 0.2) is 4.80 Å². The van der Waals surface area contributed by atoms with E-state index in [-0.39, 0.29) is 5.69 Å². The molecule has 0 spiro atoms. The van der Waals surface area contributed by atoms with Crippen LogP contribution < -0.4 is 9.54 Å². The second-order valence-corrected chi connectivity index (χ2v) is 8.15. The number of amides is 1. The van der Waals surface area contributed by atoms with Crippen LogP contribution in [0, 0.1) is 10.1 Å². The summed E-state index contributed by atoms with van der Waals surface area (Å²) in [5.74, 6) is 0.244. The van der Waals surface area contributed by atoms with Crippen molar-refractivity contribution in [1.82, 2.24) is 4.57 Å². The topological polar surface area (TPSA) is 96.0 Å². The minimum absolute atomic E-state index is 0.00140. The minimum atomic E-state index is -0.433. The zero-order valence-corrected chi connectivity index (χ0v) is 19.1. The molecule has 3 aromatic rings. The van der Waals surface area contributed by atoms with Crippen LogP contribution in [-0.2, 0) is 11.3 Å². The summed E-state index contributed by atoms with van der Waals surface area (Å²) in [4.78, 5) is 28.4. The number of rotatable bonds is 11. The van der Waals surface area contributed by atoms with E-state index in [0.29, 0.717) is 47.2 Å². The number of hydrogen-bond donors (Lipinski definition) is 0. The molecular weight excluding hydrogens is 430 g/mol. The first-order valence-corrected chi connectivity index (χ1v) is 11.5. The van der Waals surface area contributed by atoms with Crippen LogP contribution in [0.1, 0.15) is 43.5 Å². The van der Waals surface area contributed by atoms with Gasteiger partial charge in [0.1, 0.15) is 5.75 Å². The maximum atomic E-state index is 12.9. The van der Waals surface area contributed by atoms with Gasteiger partial charge in [-0.2, -0.15) is 4.99 Å². The predicted octanol–water partition coefficient (Wildman–Crippen LogP) is 4.96. The first kappa shape index (κ1) is 23.6. The van der Waals surface area contributed by atoms with Crippen LogP contribution in [0.2, 0.25) is 0 Å². The summed E-state index contributed by atoms with van der Waals surface area (Å²) in [7, 11) is 0. The van der Waals surface area contributed by atoms with Gasteiger partial charge in [0.25, 0.3) is 11.6 Å². The highest BCUT2D eigenvalue weighted by Crippen LogP contribution is 2.23. The number of hydrogen-bond acceptors (Lipinski definition) is 6. The number of non-ortho nitro benzene ring substituents is 1. The Kier molecular flexibility index (Phi) is 8.52. The highest BCUT2D eigenvalue weighted by Gasteiger charge is 2.13. The van der Waals surface area contributed by atoms with Crippen LogP contribution >= 0.6 is 11.3 Å². The van der Waals surface area contributed by atoms with Crippen molar-refractivity contribution in [2.75, 3.05) is 19.8 Å². The van der Waals surface area contributed by atoms with Crippen molar-refractivity contribution in [2.45, 2.75) is 39.7 Å². The maximum Gasteiger partial charge on any atom is 0.279 e. The van der Waals surface area contributed by atoms with Crippen LogP contribution in [-0.4, -0.2) is 35.2 Å². The summed E-state index contributed by atoms with van der Waals surface area (Å²) < 4.78 is 13.8. The molecule has 0 fully saturated rings. The molecule has 170 valence electrons. The van der Waals surface area contributed by atoms with Crippen molar-refractivity contribution >= 4 is 33.1 Å². The monoisotopic (exact) mass is 457 g/mol. The molecule has 0 radical (unpaired) electrons. The average molecular weight is 458 g/mol. The Bertz CT molecular complexity index is 1150. The van der Waals surface area contributed by atoms with Crippen LogP contribution in [0.3, 0.4) is 0 Å². The van der Waals surface area contributed by atoms with Crippen LogP contribution in [0.5, 0.6) is 5.75 Å². The van der Waals surface area contributed by atoms with Crippen molar-refractivity contribution in [3.63, 3.8) is 0 Å². The number of ether oxygens (including phenoxy) is 2. The van der Waals surface area contributed by atoms with E-state index in [0.717, 1.165) is 24.8 Å². The quantitative estimate of drug-likeness (QED) is 0.230. The molecule has 0 atom stereocenters. The Morgan fingerprint density at radius 3 is 2.75 bits per heavy atom. The minimum Gasteiger partial charge on any atom is -0.494 e. The number of nitro groups is 1. The van der Waals surface area contributed by atoms with E-state index in [1.807, 2.05) is 17.6 Å². The second kappa shape index (κ2) is 11.5. The van der Waals surface area contributed by atoms with Gasteiger partial charge in [0.2, 0.25) is 0 Å². The molecule has 0 saturated heterocycles. The standard InChI is InChI=1S/C23H27N3O5S/c1-3-5-6-13-31-19-9-7-8-17(15-19)22(27)24-23-25(12-14-30-4-2)20-11-10-18(26(28)29)16-21(20)32-23/h7-11,15-16H,3-6,12-14H2,1-2H3. The fraction of sp³-hybridized carbons (Fsp3) is 0.391. The molecule has 1 heterocycles. The number of carbonyl (C=O) groups excluding carboxylic acids is 1. The lowest BCUT2D eigenvalue weighted by atomic mass is 10.2. The number of unbranched alkanes of at least 4 members (excludes halogenated alkanes) is 2. The highest BCUT2D eigenvalue weighted by molar-refractivity contribution is 7.16. The average Bonchev–Trinajstić information content (AvgIpc) is 3.13. The van der Waals surface area contributed by atoms with Gasteiger partial charge in [-0.25, -0.2) is 0 Å². The molecule has 8 nitrogen and oxygen atoms in total. The zero-order valence-electron chi connectivity index (χ0n) is 18.3. The van der Waals surface area contributed by atoms with E-state index < -0.39 is 10.8 Å². The fourth-order valence-electron chi connectivity index (χ4n) is 3.19. The summed E-state index contributed by atoms with van der Waals surface area (Å²) in [5.41, 5.74) is 1.21. The van der Waals surface area contributed by atoms with Gasteiger partial charge >= 0.3 is 0 Å². The molecule has 0 bridgehead atoms. The normalized spacial score (nSPS) is 11.8. The molecule has 0 unspecified atom stereocenters. The summed E-state index contributed by atoms with van der Waals surface area (Å²) in [6.45, 7) is 6.15. The number of nitro benzene ring substituents is 1. The Morgan fingerprint density at radius 2 is 2.00 bits per heavy atom. The van der Waals surface area contributed by atoms with Gasteiger partial charge in [0, 0.05) is 30.8 Å². The SMILES string of the molecule is CCCCCOc1cccc(C(=O)N=c2sc3cc([N+](=O)[O-])ccc3n2CCOCC)c1. The molecule has 0 aliphatic carbocycles. The number of carbonyl (C=O) groups is 1. The molecule has 9 heteroatoms. The Morgan fingerprint density at radius 1 is 1.16 bits per heavy atom. The van der Waals surface area contributed by atoms with Crippen molar-refractivity contribution in [1.29, 1.82) is 0 Å². The van der Waals surface area contributed by atoms with Gasteiger partial charge in [-0.15, -0.1) is 0 Å². The third-order valence-electron chi connectivity index (χ3n) is 4.84. The van der Waals surface area contributed by atoms with Crippen molar-refractivity contribution < 1.29 is 19.2 Å². The largest absolute Gasteiger partial charge is 0.494 e. The van der Waals surface area contributed by atoms with Crippen molar-refractivity contribution in [3.8, 4) is 5.75 Å². The van der Waals surface area contributed by atoms with Crippen LogP contribution in [0.15, 0.2) is 47.5 Å². The van der Waals surface area contributed by atoms with Gasteiger partial charge in [-0.3, -0.25) is 14.9 Å². The van der Waals surface area contributed by atoms with Gasteiger partial charge in [-0.05, 0) is 37.6 Å². The van der Waals surface area contributed by atoms with Crippen molar-refractivity contribution in [2.24, 2.45) is 4.99 Å². The van der Waals surface area contributed by atoms with E-state index in [9.17, 15) is 14.9 Å². The lowest BCUT2D eigenvalue weighted by Crippen LogP contribution is -2.19. The summed E-state index contributed by atoms with van der Waals surface area (Å²) in [6, 6.07) is 11.6. The van der Waals surface area contributed by atoms with E-state index in [1.165, 1.54) is 23.5 Å². The van der Waals surface area contributed by atoms with E-state index in [2.05, 4.69) is 11.9 Å². The lowest BCUT2D eigenvalue weighted by molar-refractivity contribution is -0.384. The Labute approximate surface area is 190 Å². The predicted molar refractivity (Wildman–Crippen MR) is 124 cm³/mol.